The van der Waals surface area contributed by atoms with E-state index in [9.17, 15) is 9.59 Å². The van der Waals surface area contributed by atoms with E-state index in [1.165, 1.54) is 0 Å². The van der Waals surface area contributed by atoms with Crippen molar-refractivity contribution in [3.8, 4) is 0 Å². The highest BCUT2D eigenvalue weighted by atomic mass is 16.5. The van der Waals surface area contributed by atoms with Gasteiger partial charge in [-0.15, -0.1) is 0 Å². The van der Waals surface area contributed by atoms with Crippen LogP contribution in [0.5, 0.6) is 0 Å². The van der Waals surface area contributed by atoms with Crippen LogP contribution < -0.4 is 15.5 Å². The number of carbonyl (C=O) groups excluding carboxylic acids is 2. The summed E-state index contributed by atoms with van der Waals surface area (Å²) in [5.74, 6) is -1.06. The average Bonchev–Trinajstić information content (AvgIpc) is 3.22. The molecule has 1 atom stereocenters. The molecule has 0 unspecified atom stereocenters. The van der Waals surface area contributed by atoms with Crippen LogP contribution in [0.25, 0.3) is 0 Å². The van der Waals surface area contributed by atoms with Gasteiger partial charge < -0.3 is 20.3 Å². The van der Waals surface area contributed by atoms with Crippen LogP contribution in [0.3, 0.4) is 0 Å². The van der Waals surface area contributed by atoms with Crippen molar-refractivity contribution < 1.29 is 14.3 Å². The Hall–Kier alpha value is -2.12. The van der Waals surface area contributed by atoms with Crippen molar-refractivity contribution in [2.45, 2.75) is 37.8 Å². The molecular formula is C21H32N4O3. The second kappa shape index (κ2) is 9.89. The van der Waals surface area contributed by atoms with E-state index in [4.69, 9.17) is 4.74 Å². The van der Waals surface area contributed by atoms with Gasteiger partial charge >= 0.3 is 11.8 Å². The molecule has 1 aliphatic carbocycles. The second-order valence-corrected chi connectivity index (χ2v) is 7.81. The maximum Gasteiger partial charge on any atom is 0.309 e. The van der Waals surface area contributed by atoms with E-state index in [0.717, 1.165) is 50.0 Å². The SMILES string of the molecule is CN(C)c1ccc([C@@H](CNC(=O)C(=O)NC2CCCC2)N2CCOCC2)cc1. The third-order valence-corrected chi connectivity index (χ3v) is 5.63. The van der Waals surface area contributed by atoms with Crippen LogP contribution in [0.4, 0.5) is 5.69 Å². The lowest BCUT2D eigenvalue weighted by atomic mass is 10.0. The fraction of sp³-hybridized carbons (Fsp3) is 0.619. The van der Waals surface area contributed by atoms with Gasteiger partial charge in [-0.3, -0.25) is 14.5 Å². The molecule has 1 aromatic carbocycles. The summed E-state index contributed by atoms with van der Waals surface area (Å²) in [6, 6.07) is 8.52. The van der Waals surface area contributed by atoms with Gasteiger partial charge in [0.1, 0.15) is 0 Å². The van der Waals surface area contributed by atoms with Gasteiger partial charge in [0.25, 0.3) is 0 Å². The fourth-order valence-electron chi connectivity index (χ4n) is 3.93. The van der Waals surface area contributed by atoms with Gasteiger partial charge in [0.05, 0.1) is 19.3 Å². The van der Waals surface area contributed by atoms with Crippen molar-refractivity contribution in [1.29, 1.82) is 0 Å². The van der Waals surface area contributed by atoms with Crippen molar-refractivity contribution in [1.82, 2.24) is 15.5 Å². The lowest BCUT2D eigenvalue weighted by Gasteiger charge is -2.35. The van der Waals surface area contributed by atoms with Gasteiger partial charge in [-0.1, -0.05) is 25.0 Å². The van der Waals surface area contributed by atoms with E-state index in [1.807, 2.05) is 14.1 Å². The standard InChI is InChI=1S/C21H32N4O3/c1-24(2)18-9-7-16(8-10-18)19(25-11-13-28-14-12-25)15-22-20(26)21(27)23-17-5-3-4-6-17/h7-10,17,19H,3-6,11-15H2,1-2H3,(H,22,26)(H,23,27)/t19-/m1/s1. The summed E-state index contributed by atoms with van der Waals surface area (Å²) in [5, 5.41) is 5.70. The van der Waals surface area contributed by atoms with Crippen LogP contribution in [-0.4, -0.2) is 69.7 Å². The number of nitrogens with one attached hydrogen (secondary N) is 2. The largest absolute Gasteiger partial charge is 0.379 e. The fourth-order valence-corrected chi connectivity index (χ4v) is 3.93. The number of amides is 2. The summed E-state index contributed by atoms with van der Waals surface area (Å²) in [5.41, 5.74) is 2.26. The summed E-state index contributed by atoms with van der Waals surface area (Å²) in [7, 11) is 4.02. The molecule has 2 fully saturated rings. The Morgan fingerprint density at radius 2 is 1.75 bits per heavy atom. The van der Waals surface area contributed by atoms with Gasteiger partial charge in [-0.2, -0.15) is 0 Å². The Labute approximate surface area is 167 Å². The van der Waals surface area contributed by atoms with E-state index >= 15 is 0 Å². The van der Waals surface area contributed by atoms with E-state index < -0.39 is 11.8 Å². The summed E-state index contributed by atoms with van der Waals surface area (Å²) < 4.78 is 5.47. The van der Waals surface area contributed by atoms with Crippen molar-refractivity contribution in [3.05, 3.63) is 29.8 Å². The van der Waals surface area contributed by atoms with Crippen LogP contribution in [0.15, 0.2) is 24.3 Å². The molecule has 1 saturated carbocycles. The first-order valence-corrected chi connectivity index (χ1v) is 10.2. The number of ether oxygens (including phenoxy) is 1. The molecule has 2 aliphatic rings. The molecule has 28 heavy (non-hydrogen) atoms. The number of morpholine rings is 1. The molecule has 0 spiro atoms. The normalized spacial score (nSPS) is 19.2. The molecule has 1 saturated heterocycles. The highest BCUT2D eigenvalue weighted by Gasteiger charge is 2.26. The Morgan fingerprint density at radius 3 is 2.36 bits per heavy atom. The van der Waals surface area contributed by atoms with Gasteiger partial charge in [-0.25, -0.2) is 0 Å². The molecule has 7 nitrogen and oxygen atoms in total. The van der Waals surface area contributed by atoms with Gasteiger partial charge in [-0.05, 0) is 30.5 Å². The Morgan fingerprint density at radius 1 is 1.11 bits per heavy atom. The zero-order valence-corrected chi connectivity index (χ0v) is 16.9. The maximum absolute atomic E-state index is 12.3. The summed E-state index contributed by atoms with van der Waals surface area (Å²) in [6.07, 6.45) is 4.17. The maximum atomic E-state index is 12.3. The molecule has 0 bridgehead atoms. The highest BCUT2D eigenvalue weighted by Crippen LogP contribution is 2.24. The molecule has 1 aromatic rings. The van der Waals surface area contributed by atoms with Crippen LogP contribution in [-0.2, 0) is 14.3 Å². The first-order chi connectivity index (χ1) is 13.5. The van der Waals surface area contributed by atoms with Gasteiger partial charge in [0, 0.05) is 45.5 Å². The van der Waals surface area contributed by atoms with Crippen molar-refractivity contribution in [2.24, 2.45) is 0 Å². The summed E-state index contributed by atoms with van der Waals surface area (Å²) in [6.45, 7) is 3.39. The lowest BCUT2D eigenvalue weighted by molar-refractivity contribution is -0.139. The van der Waals surface area contributed by atoms with Crippen molar-refractivity contribution in [3.63, 3.8) is 0 Å². The Kier molecular flexibility index (Phi) is 7.28. The molecular weight excluding hydrogens is 356 g/mol. The topological polar surface area (TPSA) is 73.9 Å². The molecule has 0 radical (unpaired) electrons. The number of benzene rings is 1. The number of anilines is 1. The molecule has 2 amide bonds. The van der Waals surface area contributed by atoms with Crippen LogP contribution >= 0.6 is 0 Å². The molecule has 7 heteroatoms. The average molecular weight is 389 g/mol. The summed E-state index contributed by atoms with van der Waals surface area (Å²) in [4.78, 5) is 28.9. The Bertz CT molecular complexity index is 650. The molecule has 154 valence electrons. The lowest BCUT2D eigenvalue weighted by Crippen LogP contribution is -2.48. The number of carbonyl (C=O) groups is 2. The van der Waals surface area contributed by atoms with E-state index in [0.29, 0.717) is 19.8 Å². The third kappa shape index (κ3) is 5.45. The minimum atomic E-state index is -0.546. The minimum absolute atomic E-state index is 0.0170. The first-order valence-electron chi connectivity index (χ1n) is 10.2. The zero-order chi connectivity index (χ0) is 19.9. The van der Waals surface area contributed by atoms with E-state index in [2.05, 4.69) is 44.7 Å². The number of nitrogens with zero attached hydrogens (tertiary/aromatic N) is 2. The highest BCUT2D eigenvalue weighted by molar-refractivity contribution is 6.35. The smallest absolute Gasteiger partial charge is 0.309 e. The third-order valence-electron chi connectivity index (χ3n) is 5.63. The van der Waals surface area contributed by atoms with E-state index in [1.54, 1.807) is 0 Å². The Balaban J connectivity index is 1.63. The first kappa shape index (κ1) is 20.6. The molecule has 1 aliphatic heterocycles. The van der Waals surface area contributed by atoms with Crippen LogP contribution in [0.2, 0.25) is 0 Å². The van der Waals surface area contributed by atoms with Crippen molar-refractivity contribution in [2.75, 3.05) is 51.8 Å². The number of hydrogen-bond acceptors (Lipinski definition) is 5. The number of rotatable bonds is 6. The summed E-state index contributed by atoms with van der Waals surface area (Å²) >= 11 is 0. The minimum Gasteiger partial charge on any atom is -0.379 e. The van der Waals surface area contributed by atoms with Gasteiger partial charge in [0.2, 0.25) is 0 Å². The molecule has 1 heterocycles. The predicted octanol–water partition coefficient (Wildman–Crippen LogP) is 1.30. The zero-order valence-electron chi connectivity index (χ0n) is 16.9. The monoisotopic (exact) mass is 388 g/mol. The van der Waals surface area contributed by atoms with Crippen molar-refractivity contribution >= 4 is 17.5 Å². The molecule has 2 N–H and O–H groups in total. The molecule has 3 rings (SSSR count). The van der Waals surface area contributed by atoms with Crippen LogP contribution in [0.1, 0.15) is 37.3 Å². The van der Waals surface area contributed by atoms with Crippen LogP contribution in [0, 0.1) is 0 Å². The second-order valence-electron chi connectivity index (χ2n) is 7.81. The molecule has 0 aromatic heterocycles. The predicted molar refractivity (Wildman–Crippen MR) is 109 cm³/mol. The number of hydrogen-bond donors (Lipinski definition) is 2. The van der Waals surface area contributed by atoms with Gasteiger partial charge in [0.15, 0.2) is 0 Å². The quantitative estimate of drug-likeness (QED) is 0.719. The van der Waals surface area contributed by atoms with E-state index in [-0.39, 0.29) is 12.1 Å².